The lowest BCUT2D eigenvalue weighted by molar-refractivity contribution is -0.118. The van der Waals surface area contributed by atoms with Crippen LogP contribution in [0.4, 0.5) is 5.69 Å². The number of amides is 1. The van der Waals surface area contributed by atoms with Gasteiger partial charge in [-0.25, -0.2) is 13.1 Å². The number of rotatable bonds is 5. The molecule has 0 saturated heterocycles. The molecule has 0 bridgehead atoms. The highest BCUT2D eigenvalue weighted by atomic mass is 32.2. The van der Waals surface area contributed by atoms with Crippen LogP contribution in [0.25, 0.3) is 11.1 Å². The van der Waals surface area contributed by atoms with Crippen molar-refractivity contribution in [1.29, 1.82) is 0 Å². The zero-order valence-corrected chi connectivity index (χ0v) is 15.1. The number of nitrogens with one attached hydrogen (secondary N) is 1. The molecule has 6 nitrogen and oxygen atoms in total. The van der Waals surface area contributed by atoms with Crippen LogP contribution in [0.2, 0.25) is 0 Å². The first-order valence-corrected chi connectivity index (χ1v) is 9.86. The van der Waals surface area contributed by atoms with Crippen LogP contribution in [0.5, 0.6) is 0 Å². The molecule has 0 unspecified atom stereocenters. The minimum absolute atomic E-state index is 0.0528. The van der Waals surface area contributed by atoms with E-state index in [9.17, 15) is 13.2 Å². The van der Waals surface area contributed by atoms with Crippen molar-refractivity contribution in [2.75, 3.05) is 17.7 Å². The summed E-state index contributed by atoms with van der Waals surface area (Å²) >= 11 is 0. The molecule has 0 atom stereocenters. The summed E-state index contributed by atoms with van der Waals surface area (Å²) in [6.07, 6.45) is 4.67. The van der Waals surface area contributed by atoms with Crippen molar-refractivity contribution in [1.82, 2.24) is 9.71 Å². The Morgan fingerprint density at radius 1 is 1.16 bits per heavy atom. The SMILES string of the molecule is CCS(=O)(=O)NCc1cncc(-c2ccc3c(c2)CCC(=O)N3C)c1. The molecule has 7 heteroatoms. The van der Waals surface area contributed by atoms with Gasteiger partial charge in [0.15, 0.2) is 0 Å². The van der Waals surface area contributed by atoms with Gasteiger partial charge >= 0.3 is 0 Å². The minimum Gasteiger partial charge on any atom is -0.315 e. The van der Waals surface area contributed by atoms with Gasteiger partial charge in [0, 0.05) is 43.7 Å². The van der Waals surface area contributed by atoms with Crippen molar-refractivity contribution in [3.05, 3.63) is 47.8 Å². The fourth-order valence-electron chi connectivity index (χ4n) is 2.87. The summed E-state index contributed by atoms with van der Waals surface area (Å²) in [5, 5.41) is 0. The molecule has 1 N–H and O–H groups in total. The zero-order chi connectivity index (χ0) is 18.0. The van der Waals surface area contributed by atoms with Crippen molar-refractivity contribution in [3.8, 4) is 11.1 Å². The summed E-state index contributed by atoms with van der Waals surface area (Å²) in [7, 11) is -1.44. The van der Waals surface area contributed by atoms with Crippen molar-refractivity contribution in [3.63, 3.8) is 0 Å². The number of hydrogen-bond donors (Lipinski definition) is 1. The van der Waals surface area contributed by atoms with Gasteiger partial charge in [-0.2, -0.15) is 0 Å². The Hall–Kier alpha value is -2.25. The van der Waals surface area contributed by atoms with Gasteiger partial charge in [0.05, 0.1) is 5.75 Å². The number of hydrogen-bond acceptors (Lipinski definition) is 4. The maximum atomic E-state index is 11.8. The largest absolute Gasteiger partial charge is 0.315 e. The smallest absolute Gasteiger partial charge is 0.227 e. The van der Waals surface area contributed by atoms with E-state index in [1.54, 1.807) is 31.3 Å². The highest BCUT2D eigenvalue weighted by molar-refractivity contribution is 7.89. The second-order valence-electron chi connectivity index (χ2n) is 6.10. The normalized spacial score (nSPS) is 14.5. The lowest BCUT2D eigenvalue weighted by atomic mass is 9.96. The molecular formula is C18H21N3O3S. The lowest BCUT2D eigenvalue weighted by Crippen LogP contribution is -2.30. The van der Waals surface area contributed by atoms with E-state index in [1.165, 1.54) is 0 Å². The molecule has 0 spiro atoms. The number of carbonyl (C=O) groups excluding carboxylic acids is 1. The van der Waals surface area contributed by atoms with Gasteiger partial charge in [0.1, 0.15) is 0 Å². The number of benzene rings is 1. The average molecular weight is 359 g/mol. The Kier molecular flexibility index (Phi) is 4.87. The molecule has 1 amide bonds. The van der Waals surface area contributed by atoms with Crippen molar-refractivity contribution in [2.24, 2.45) is 0 Å². The summed E-state index contributed by atoms with van der Waals surface area (Å²) in [6, 6.07) is 7.93. The van der Waals surface area contributed by atoms with Gasteiger partial charge in [-0.1, -0.05) is 6.07 Å². The van der Waals surface area contributed by atoms with Gasteiger partial charge in [-0.05, 0) is 48.2 Å². The number of anilines is 1. The third-order valence-electron chi connectivity index (χ3n) is 4.43. The van der Waals surface area contributed by atoms with Gasteiger partial charge in [0.25, 0.3) is 0 Å². The number of aryl methyl sites for hydroxylation is 1. The Bertz CT molecular complexity index is 910. The molecule has 1 aliphatic heterocycles. The van der Waals surface area contributed by atoms with Crippen molar-refractivity contribution in [2.45, 2.75) is 26.3 Å². The van der Waals surface area contributed by atoms with Crippen LogP contribution in [0.1, 0.15) is 24.5 Å². The van der Waals surface area contributed by atoms with E-state index in [0.29, 0.717) is 6.42 Å². The molecule has 0 aliphatic carbocycles. The van der Waals surface area contributed by atoms with Crippen LogP contribution in [-0.4, -0.2) is 32.1 Å². The first-order chi connectivity index (χ1) is 11.9. The van der Waals surface area contributed by atoms with E-state index in [1.807, 2.05) is 18.2 Å². The Morgan fingerprint density at radius 2 is 1.96 bits per heavy atom. The molecule has 132 valence electrons. The summed E-state index contributed by atoms with van der Waals surface area (Å²) in [5.74, 6) is 0.184. The lowest BCUT2D eigenvalue weighted by Gasteiger charge is -2.26. The van der Waals surface area contributed by atoms with Crippen molar-refractivity contribution >= 4 is 21.6 Å². The van der Waals surface area contributed by atoms with E-state index in [4.69, 9.17) is 0 Å². The van der Waals surface area contributed by atoms with E-state index < -0.39 is 10.0 Å². The second-order valence-corrected chi connectivity index (χ2v) is 8.20. The average Bonchev–Trinajstić information content (AvgIpc) is 2.63. The molecule has 3 rings (SSSR count). The van der Waals surface area contributed by atoms with E-state index in [2.05, 4.69) is 15.8 Å². The minimum atomic E-state index is -3.23. The summed E-state index contributed by atoms with van der Waals surface area (Å²) < 4.78 is 25.7. The monoisotopic (exact) mass is 359 g/mol. The molecule has 0 saturated carbocycles. The third-order valence-corrected chi connectivity index (χ3v) is 5.77. The molecule has 0 radical (unpaired) electrons. The molecule has 1 aliphatic rings. The second kappa shape index (κ2) is 6.93. The number of carbonyl (C=O) groups is 1. The van der Waals surface area contributed by atoms with Crippen LogP contribution in [0.15, 0.2) is 36.7 Å². The van der Waals surface area contributed by atoms with Crippen LogP contribution < -0.4 is 9.62 Å². The highest BCUT2D eigenvalue weighted by Crippen LogP contribution is 2.31. The van der Waals surface area contributed by atoms with Crippen LogP contribution in [0, 0.1) is 0 Å². The first kappa shape index (κ1) is 17.6. The quantitative estimate of drug-likeness (QED) is 0.887. The van der Waals surface area contributed by atoms with E-state index >= 15 is 0 Å². The fraction of sp³-hybridized carbons (Fsp3) is 0.333. The number of nitrogens with zero attached hydrogens (tertiary/aromatic N) is 2. The van der Waals surface area contributed by atoms with Crippen molar-refractivity contribution < 1.29 is 13.2 Å². The van der Waals surface area contributed by atoms with E-state index in [0.717, 1.165) is 34.4 Å². The molecule has 25 heavy (non-hydrogen) atoms. The third kappa shape index (κ3) is 3.88. The molecule has 1 aromatic heterocycles. The number of aromatic nitrogens is 1. The Labute approximate surface area is 147 Å². The first-order valence-electron chi connectivity index (χ1n) is 8.21. The van der Waals surface area contributed by atoms with Crippen LogP contribution in [0.3, 0.4) is 0 Å². The molecule has 2 heterocycles. The topological polar surface area (TPSA) is 79.4 Å². The van der Waals surface area contributed by atoms with Gasteiger partial charge in [-0.15, -0.1) is 0 Å². The van der Waals surface area contributed by atoms with Crippen LogP contribution in [-0.2, 0) is 27.8 Å². The molecule has 1 aromatic carbocycles. The molecule has 0 fully saturated rings. The zero-order valence-electron chi connectivity index (χ0n) is 14.3. The van der Waals surface area contributed by atoms with Gasteiger partial charge < -0.3 is 4.90 Å². The fourth-order valence-corrected chi connectivity index (χ4v) is 3.46. The predicted molar refractivity (Wildman–Crippen MR) is 97.7 cm³/mol. The number of sulfonamides is 1. The predicted octanol–water partition coefficient (Wildman–Crippen LogP) is 2.10. The maximum absolute atomic E-state index is 11.8. The summed E-state index contributed by atoms with van der Waals surface area (Å²) in [4.78, 5) is 17.7. The van der Waals surface area contributed by atoms with Gasteiger partial charge in [-0.3, -0.25) is 9.78 Å². The van der Waals surface area contributed by atoms with E-state index in [-0.39, 0.29) is 18.2 Å². The number of pyridine rings is 1. The standard InChI is InChI=1S/C18H21N3O3S/c1-3-25(23,24)20-11-13-8-16(12-19-10-13)14-4-6-17-15(9-14)5-7-18(22)21(17)2/h4,6,8-10,12,20H,3,5,7,11H2,1-2H3. The summed E-state index contributed by atoms with van der Waals surface area (Å²) in [6.45, 7) is 1.82. The highest BCUT2D eigenvalue weighted by Gasteiger charge is 2.21. The Balaban J connectivity index is 1.85. The van der Waals surface area contributed by atoms with Gasteiger partial charge in [0.2, 0.25) is 15.9 Å². The molecule has 2 aromatic rings. The molecular weight excluding hydrogens is 338 g/mol. The van der Waals surface area contributed by atoms with Crippen LogP contribution >= 0.6 is 0 Å². The maximum Gasteiger partial charge on any atom is 0.227 e. The number of fused-ring (bicyclic) bond motifs is 1. The summed E-state index contributed by atoms with van der Waals surface area (Å²) in [5.41, 5.74) is 4.82. The Morgan fingerprint density at radius 3 is 2.72 bits per heavy atom.